The molecule has 2 N–H and O–H groups in total. The fourth-order valence-corrected chi connectivity index (χ4v) is 3.09. The van der Waals surface area contributed by atoms with Crippen LogP contribution in [0.1, 0.15) is 5.56 Å². The highest BCUT2D eigenvalue weighted by Gasteiger charge is 2.22. The van der Waals surface area contributed by atoms with Crippen molar-refractivity contribution in [3.63, 3.8) is 0 Å². The van der Waals surface area contributed by atoms with Gasteiger partial charge in [0, 0.05) is 0 Å². The third-order valence-corrected chi connectivity index (χ3v) is 4.73. The first-order valence-corrected chi connectivity index (χ1v) is 10.0. The predicted molar refractivity (Wildman–Crippen MR) is 124 cm³/mol. The van der Waals surface area contributed by atoms with Crippen LogP contribution in [0.5, 0.6) is 17.2 Å². The van der Waals surface area contributed by atoms with Crippen molar-refractivity contribution < 1.29 is 32.6 Å². The molecule has 0 unspecified atom stereocenters. The normalized spacial score (nSPS) is 10.1. The van der Waals surface area contributed by atoms with Crippen LogP contribution in [0.15, 0.2) is 66.2 Å². The molecular formula is C25H22F2N2O5. The van der Waals surface area contributed by atoms with Crippen LogP contribution in [0.2, 0.25) is 0 Å². The zero-order valence-corrected chi connectivity index (χ0v) is 18.6. The van der Waals surface area contributed by atoms with E-state index < -0.39 is 29.0 Å². The van der Waals surface area contributed by atoms with Crippen LogP contribution in [0, 0.1) is 11.6 Å². The van der Waals surface area contributed by atoms with Gasteiger partial charge in [0.05, 0.1) is 32.7 Å². The smallest absolute Gasteiger partial charge is 0.261 e. The zero-order valence-electron chi connectivity index (χ0n) is 18.6. The Hall–Kier alpha value is -4.40. The van der Waals surface area contributed by atoms with E-state index in [0.29, 0.717) is 11.3 Å². The van der Waals surface area contributed by atoms with Gasteiger partial charge in [0.15, 0.2) is 11.5 Å². The third kappa shape index (κ3) is 5.50. The molecule has 0 aliphatic rings. The van der Waals surface area contributed by atoms with Gasteiger partial charge in [-0.15, -0.1) is 0 Å². The number of amides is 2. The van der Waals surface area contributed by atoms with Crippen molar-refractivity contribution in [2.45, 2.75) is 0 Å². The highest BCUT2D eigenvalue weighted by molar-refractivity contribution is 6.28. The number of hydrogen-bond donors (Lipinski definition) is 2. The van der Waals surface area contributed by atoms with E-state index >= 15 is 0 Å². The van der Waals surface area contributed by atoms with Crippen LogP contribution < -0.4 is 24.8 Å². The first-order valence-electron chi connectivity index (χ1n) is 10.0. The van der Waals surface area contributed by atoms with E-state index in [-0.39, 0.29) is 22.9 Å². The molecule has 0 fully saturated rings. The number of ether oxygens (including phenoxy) is 3. The second kappa shape index (κ2) is 11.0. The van der Waals surface area contributed by atoms with E-state index in [1.54, 1.807) is 0 Å². The molecule has 34 heavy (non-hydrogen) atoms. The molecule has 176 valence electrons. The van der Waals surface area contributed by atoms with Crippen LogP contribution in [0.25, 0.3) is 6.08 Å². The molecule has 3 rings (SSSR count). The summed E-state index contributed by atoms with van der Waals surface area (Å²) in [6.45, 7) is 0. The van der Waals surface area contributed by atoms with Gasteiger partial charge in [-0.2, -0.15) is 0 Å². The Kier molecular flexibility index (Phi) is 7.81. The van der Waals surface area contributed by atoms with Crippen molar-refractivity contribution >= 4 is 29.3 Å². The third-order valence-electron chi connectivity index (χ3n) is 4.73. The number of hydrogen-bond acceptors (Lipinski definition) is 5. The SMILES string of the molecule is COc1cc(C=C(C(=O)Nc2ccccc2F)C(=O)Nc2ccccc2F)cc(OC)c1OC. The molecule has 2 amide bonds. The van der Waals surface area contributed by atoms with Gasteiger partial charge in [0.25, 0.3) is 11.8 Å². The number of benzene rings is 3. The Morgan fingerprint density at radius 2 is 1.18 bits per heavy atom. The molecule has 3 aromatic rings. The molecule has 7 nitrogen and oxygen atoms in total. The Morgan fingerprint density at radius 1 is 0.735 bits per heavy atom. The van der Waals surface area contributed by atoms with Crippen molar-refractivity contribution in [3.05, 3.63) is 83.4 Å². The maximum Gasteiger partial charge on any atom is 0.261 e. The van der Waals surface area contributed by atoms with Gasteiger partial charge in [0.2, 0.25) is 5.75 Å². The van der Waals surface area contributed by atoms with Gasteiger partial charge in [-0.1, -0.05) is 24.3 Å². The molecule has 0 aliphatic carbocycles. The molecule has 0 radical (unpaired) electrons. The second-order valence-corrected chi connectivity index (χ2v) is 6.88. The molecule has 3 aromatic carbocycles. The molecular weight excluding hydrogens is 446 g/mol. The maximum atomic E-state index is 14.1. The summed E-state index contributed by atoms with van der Waals surface area (Å²) < 4.78 is 44.1. The number of methoxy groups -OCH3 is 3. The van der Waals surface area contributed by atoms with Gasteiger partial charge >= 0.3 is 0 Å². The summed E-state index contributed by atoms with van der Waals surface area (Å²) in [5, 5.41) is 4.74. The number of carbonyl (C=O) groups excluding carboxylic acids is 2. The second-order valence-electron chi connectivity index (χ2n) is 6.88. The standard InChI is InChI=1S/C25H22F2N2O5/c1-32-21-13-15(14-22(33-2)23(21)34-3)12-16(24(30)28-19-10-6-4-8-17(19)26)25(31)29-20-11-7-5-9-18(20)27/h4-14H,1-3H3,(H,28,30)(H,29,31). The average molecular weight is 468 g/mol. The number of para-hydroxylation sites is 2. The van der Waals surface area contributed by atoms with E-state index in [1.165, 1.54) is 75.9 Å². The van der Waals surface area contributed by atoms with Crippen LogP contribution in [0.4, 0.5) is 20.2 Å². The minimum Gasteiger partial charge on any atom is -0.493 e. The molecule has 0 saturated carbocycles. The summed E-state index contributed by atoms with van der Waals surface area (Å²) in [7, 11) is 4.27. The number of nitrogens with one attached hydrogen (secondary N) is 2. The first-order chi connectivity index (χ1) is 16.4. The van der Waals surface area contributed by atoms with E-state index in [0.717, 1.165) is 12.1 Å². The highest BCUT2D eigenvalue weighted by atomic mass is 19.1. The van der Waals surface area contributed by atoms with Gasteiger partial charge in [-0.05, 0) is 48.0 Å². The summed E-state index contributed by atoms with van der Waals surface area (Å²) >= 11 is 0. The molecule has 0 bridgehead atoms. The fraction of sp³-hybridized carbons (Fsp3) is 0.120. The summed E-state index contributed by atoms with van der Waals surface area (Å²) in [5.74, 6) is -2.29. The van der Waals surface area contributed by atoms with Crippen LogP contribution in [0.3, 0.4) is 0 Å². The van der Waals surface area contributed by atoms with Crippen molar-refractivity contribution in [3.8, 4) is 17.2 Å². The Bertz CT molecular complexity index is 1160. The topological polar surface area (TPSA) is 85.9 Å². The predicted octanol–water partition coefficient (Wildman–Crippen LogP) is 4.65. The molecule has 0 saturated heterocycles. The number of rotatable bonds is 8. The van der Waals surface area contributed by atoms with Crippen molar-refractivity contribution in [1.82, 2.24) is 0 Å². The lowest BCUT2D eigenvalue weighted by atomic mass is 10.1. The number of anilines is 2. The maximum absolute atomic E-state index is 14.1. The van der Waals surface area contributed by atoms with Crippen molar-refractivity contribution in [2.24, 2.45) is 0 Å². The average Bonchev–Trinajstić information content (AvgIpc) is 2.84. The quantitative estimate of drug-likeness (QED) is 0.286. The van der Waals surface area contributed by atoms with Gasteiger partial charge in [-0.25, -0.2) is 8.78 Å². The van der Waals surface area contributed by atoms with E-state index in [2.05, 4.69) is 10.6 Å². The Balaban J connectivity index is 2.06. The van der Waals surface area contributed by atoms with Gasteiger partial charge < -0.3 is 24.8 Å². The highest BCUT2D eigenvalue weighted by Crippen LogP contribution is 2.38. The summed E-state index contributed by atoms with van der Waals surface area (Å²) in [4.78, 5) is 26.1. The summed E-state index contributed by atoms with van der Waals surface area (Å²) in [6.07, 6.45) is 1.25. The van der Waals surface area contributed by atoms with Gasteiger partial charge in [0.1, 0.15) is 17.2 Å². The van der Waals surface area contributed by atoms with Crippen molar-refractivity contribution in [1.29, 1.82) is 0 Å². The minimum absolute atomic E-state index is 0.123. The molecule has 0 atom stereocenters. The Morgan fingerprint density at radius 3 is 1.56 bits per heavy atom. The minimum atomic E-state index is -0.910. The lowest BCUT2D eigenvalue weighted by molar-refractivity contribution is -0.118. The zero-order chi connectivity index (χ0) is 24.7. The lowest BCUT2D eigenvalue weighted by Crippen LogP contribution is -2.26. The van der Waals surface area contributed by atoms with E-state index in [4.69, 9.17) is 14.2 Å². The van der Waals surface area contributed by atoms with Gasteiger partial charge in [-0.3, -0.25) is 9.59 Å². The van der Waals surface area contributed by atoms with Crippen LogP contribution >= 0.6 is 0 Å². The summed E-state index contributed by atoms with van der Waals surface area (Å²) in [6, 6.07) is 14.0. The Labute approximate surface area is 195 Å². The van der Waals surface area contributed by atoms with E-state index in [9.17, 15) is 18.4 Å². The summed E-state index contributed by atoms with van der Waals surface area (Å²) in [5.41, 5.74) is -0.318. The van der Waals surface area contributed by atoms with Crippen LogP contribution in [-0.2, 0) is 9.59 Å². The number of carbonyl (C=O) groups is 2. The molecule has 9 heteroatoms. The first kappa shape index (κ1) is 24.2. The molecule has 0 aliphatic heterocycles. The monoisotopic (exact) mass is 468 g/mol. The fourth-order valence-electron chi connectivity index (χ4n) is 3.09. The number of halogens is 2. The van der Waals surface area contributed by atoms with Crippen molar-refractivity contribution in [2.75, 3.05) is 32.0 Å². The largest absolute Gasteiger partial charge is 0.493 e. The van der Waals surface area contributed by atoms with Crippen LogP contribution in [-0.4, -0.2) is 33.1 Å². The van der Waals surface area contributed by atoms with E-state index in [1.807, 2.05) is 0 Å². The molecule has 0 spiro atoms. The molecule has 0 heterocycles. The molecule has 0 aromatic heterocycles. The lowest BCUT2D eigenvalue weighted by Gasteiger charge is -2.14.